The van der Waals surface area contributed by atoms with Gasteiger partial charge in [0.05, 0.1) is 0 Å². The largest absolute Gasteiger partial charge is 0.327 e. The molecule has 1 saturated heterocycles. The van der Waals surface area contributed by atoms with Gasteiger partial charge in [0.25, 0.3) is 0 Å². The second-order valence-corrected chi connectivity index (χ2v) is 4.12. The Morgan fingerprint density at radius 2 is 2.18 bits per heavy atom. The molecule has 3 N–H and O–H groups in total. The van der Waals surface area contributed by atoms with Gasteiger partial charge in [-0.3, -0.25) is 0 Å². The van der Waals surface area contributed by atoms with Crippen molar-refractivity contribution in [3.05, 3.63) is 0 Å². The molecule has 0 radical (unpaired) electrons. The van der Waals surface area contributed by atoms with E-state index in [9.17, 15) is 0 Å². The van der Waals surface area contributed by atoms with Crippen LogP contribution in [0.4, 0.5) is 0 Å². The van der Waals surface area contributed by atoms with Crippen molar-refractivity contribution in [3.8, 4) is 0 Å². The fraction of sp³-hybridized carbons (Fsp3) is 1.00. The van der Waals surface area contributed by atoms with E-state index in [4.69, 9.17) is 5.73 Å². The van der Waals surface area contributed by atoms with Gasteiger partial charge in [-0.1, -0.05) is 0 Å². The zero-order chi connectivity index (χ0) is 8.10. The first-order valence-corrected chi connectivity index (χ1v) is 5.69. The van der Waals surface area contributed by atoms with E-state index in [1.54, 1.807) is 0 Å². The van der Waals surface area contributed by atoms with Crippen molar-refractivity contribution in [1.82, 2.24) is 5.32 Å². The van der Waals surface area contributed by atoms with Crippen molar-refractivity contribution < 1.29 is 0 Å². The first-order valence-electron chi connectivity index (χ1n) is 4.30. The molecule has 0 bridgehead atoms. The number of hydrogen-bond acceptors (Lipinski definition) is 3. The molecule has 1 fully saturated rings. The molecule has 66 valence electrons. The van der Waals surface area contributed by atoms with Crippen LogP contribution in [0.1, 0.15) is 12.8 Å². The van der Waals surface area contributed by atoms with E-state index >= 15 is 0 Å². The molecule has 0 spiro atoms. The second kappa shape index (κ2) is 5.01. The van der Waals surface area contributed by atoms with Gasteiger partial charge in [-0.2, -0.15) is 11.8 Å². The van der Waals surface area contributed by atoms with Crippen LogP contribution in [0.15, 0.2) is 0 Å². The predicted octanol–water partition coefficient (Wildman–Crippen LogP) is 0.676. The minimum atomic E-state index is 0.423. The fourth-order valence-electron chi connectivity index (χ4n) is 1.60. The minimum absolute atomic E-state index is 0.423. The van der Waals surface area contributed by atoms with E-state index in [-0.39, 0.29) is 0 Å². The lowest BCUT2D eigenvalue weighted by atomic mass is 9.92. The van der Waals surface area contributed by atoms with Crippen LogP contribution in [0.3, 0.4) is 0 Å². The molecule has 1 aliphatic heterocycles. The lowest BCUT2D eigenvalue weighted by Gasteiger charge is -2.27. The van der Waals surface area contributed by atoms with Gasteiger partial charge in [0, 0.05) is 11.8 Å². The van der Waals surface area contributed by atoms with Crippen molar-refractivity contribution in [2.75, 3.05) is 25.1 Å². The van der Waals surface area contributed by atoms with Crippen LogP contribution >= 0.6 is 11.8 Å². The zero-order valence-electron chi connectivity index (χ0n) is 7.18. The summed E-state index contributed by atoms with van der Waals surface area (Å²) in [5.74, 6) is 1.88. The molecule has 0 aromatic heterocycles. The molecule has 1 atom stereocenters. The molecule has 0 saturated carbocycles. The van der Waals surface area contributed by atoms with Gasteiger partial charge in [-0.15, -0.1) is 0 Å². The number of thioether (sulfide) groups is 1. The molecule has 0 aliphatic carbocycles. The topological polar surface area (TPSA) is 38.0 Å². The Morgan fingerprint density at radius 1 is 1.55 bits per heavy atom. The van der Waals surface area contributed by atoms with Gasteiger partial charge in [-0.25, -0.2) is 0 Å². The van der Waals surface area contributed by atoms with Gasteiger partial charge in [0.15, 0.2) is 0 Å². The summed E-state index contributed by atoms with van der Waals surface area (Å²) in [5, 5.41) is 3.35. The van der Waals surface area contributed by atoms with Crippen molar-refractivity contribution in [1.29, 1.82) is 0 Å². The number of nitrogens with two attached hydrogens (primary N) is 1. The second-order valence-electron chi connectivity index (χ2n) is 3.21. The molecular formula is C8H18N2S. The quantitative estimate of drug-likeness (QED) is 0.660. The first-order chi connectivity index (χ1) is 5.34. The summed E-state index contributed by atoms with van der Waals surface area (Å²) < 4.78 is 0. The van der Waals surface area contributed by atoms with Crippen LogP contribution in [0.25, 0.3) is 0 Å². The molecule has 0 aromatic rings. The number of nitrogens with one attached hydrogen (secondary N) is 1. The Kier molecular flexibility index (Phi) is 4.26. The van der Waals surface area contributed by atoms with Crippen LogP contribution in [0.2, 0.25) is 0 Å². The fourth-order valence-corrected chi connectivity index (χ4v) is 2.26. The van der Waals surface area contributed by atoms with Gasteiger partial charge in [-0.05, 0) is 38.1 Å². The van der Waals surface area contributed by atoms with Gasteiger partial charge in [0.1, 0.15) is 0 Å². The lowest BCUT2D eigenvalue weighted by molar-refractivity contribution is 0.333. The SMILES string of the molecule is CSCC(N)C1CCNCC1. The molecule has 11 heavy (non-hydrogen) atoms. The molecular weight excluding hydrogens is 156 g/mol. The van der Waals surface area contributed by atoms with Crippen LogP contribution in [0, 0.1) is 5.92 Å². The molecule has 0 aromatic carbocycles. The highest BCUT2D eigenvalue weighted by Gasteiger charge is 2.19. The molecule has 2 nitrogen and oxygen atoms in total. The molecule has 1 aliphatic rings. The molecule has 0 amide bonds. The zero-order valence-corrected chi connectivity index (χ0v) is 7.99. The van der Waals surface area contributed by atoms with Crippen molar-refractivity contribution >= 4 is 11.8 Å². The summed E-state index contributed by atoms with van der Waals surface area (Å²) in [6, 6.07) is 0.423. The summed E-state index contributed by atoms with van der Waals surface area (Å²) in [7, 11) is 0. The number of piperidine rings is 1. The van der Waals surface area contributed by atoms with E-state index in [0.29, 0.717) is 6.04 Å². The highest BCUT2D eigenvalue weighted by atomic mass is 32.2. The maximum absolute atomic E-state index is 6.01. The highest BCUT2D eigenvalue weighted by molar-refractivity contribution is 7.98. The molecule has 1 unspecified atom stereocenters. The van der Waals surface area contributed by atoms with Gasteiger partial charge >= 0.3 is 0 Å². The Morgan fingerprint density at radius 3 is 2.73 bits per heavy atom. The maximum Gasteiger partial charge on any atom is 0.0159 e. The maximum atomic E-state index is 6.01. The summed E-state index contributed by atoms with van der Waals surface area (Å²) >= 11 is 1.86. The van der Waals surface area contributed by atoms with Gasteiger partial charge < -0.3 is 11.1 Å². The Labute approximate surface area is 73.3 Å². The Balaban J connectivity index is 2.21. The number of rotatable bonds is 3. The van der Waals surface area contributed by atoms with Crippen molar-refractivity contribution in [3.63, 3.8) is 0 Å². The van der Waals surface area contributed by atoms with Crippen molar-refractivity contribution in [2.24, 2.45) is 11.7 Å². The third-order valence-corrected chi connectivity index (χ3v) is 3.07. The van der Waals surface area contributed by atoms with E-state index in [1.165, 1.54) is 12.8 Å². The molecule has 1 heterocycles. The Bertz CT molecular complexity index is 102. The molecule has 3 heteroatoms. The standard InChI is InChI=1S/C8H18N2S/c1-11-6-8(9)7-2-4-10-5-3-7/h7-8,10H,2-6,9H2,1H3. The normalized spacial score (nSPS) is 23.5. The average Bonchev–Trinajstić information content (AvgIpc) is 2.07. The van der Waals surface area contributed by atoms with Crippen LogP contribution < -0.4 is 11.1 Å². The minimum Gasteiger partial charge on any atom is -0.327 e. The van der Waals surface area contributed by atoms with E-state index in [1.807, 2.05) is 11.8 Å². The van der Waals surface area contributed by atoms with Crippen LogP contribution in [-0.2, 0) is 0 Å². The highest BCUT2D eigenvalue weighted by Crippen LogP contribution is 2.16. The first kappa shape index (κ1) is 9.36. The number of hydrogen-bond donors (Lipinski definition) is 2. The Hall–Kier alpha value is 0.270. The third-order valence-electron chi connectivity index (χ3n) is 2.35. The van der Waals surface area contributed by atoms with E-state index in [0.717, 1.165) is 24.8 Å². The summed E-state index contributed by atoms with van der Waals surface area (Å²) in [4.78, 5) is 0. The third kappa shape index (κ3) is 3.01. The lowest BCUT2D eigenvalue weighted by Crippen LogP contribution is -2.39. The predicted molar refractivity (Wildman–Crippen MR) is 52.0 cm³/mol. The smallest absolute Gasteiger partial charge is 0.0159 e. The molecule has 1 rings (SSSR count). The summed E-state index contributed by atoms with van der Waals surface area (Å²) in [6.45, 7) is 2.32. The summed E-state index contributed by atoms with van der Waals surface area (Å²) in [6.07, 6.45) is 4.66. The van der Waals surface area contributed by atoms with Crippen LogP contribution in [0.5, 0.6) is 0 Å². The van der Waals surface area contributed by atoms with Crippen LogP contribution in [-0.4, -0.2) is 31.1 Å². The average molecular weight is 174 g/mol. The monoisotopic (exact) mass is 174 g/mol. The van der Waals surface area contributed by atoms with Crippen molar-refractivity contribution in [2.45, 2.75) is 18.9 Å². The summed E-state index contributed by atoms with van der Waals surface area (Å²) in [5.41, 5.74) is 6.01. The van der Waals surface area contributed by atoms with Gasteiger partial charge in [0.2, 0.25) is 0 Å². The van der Waals surface area contributed by atoms with E-state index in [2.05, 4.69) is 11.6 Å². The van der Waals surface area contributed by atoms with E-state index < -0.39 is 0 Å².